The molecule has 1 spiro atoms. The number of carbonyl (C=O) groups excluding carboxylic acids is 2. The first-order valence-corrected chi connectivity index (χ1v) is 23.5. The highest BCUT2D eigenvalue weighted by Crippen LogP contribution is 2.45. The number of aliphatic hydroxyl groups is 2. The molecule has 0 amide bonds. The van der Waals surface area contributed by atoms with Crippen LogP contribution < -0.4 is 0 Å². The van der Waals surface area contributed by atoms with Crippen LogP contribution in [0.1, 0.15) is 112 Å². The summed E-state index contributed by atoms with van der Waals surface area (Å²) < 4.78 is 51.5. The molecule has 7 aliphatic rings. The Morgan fingerprint density at radius 1 is 0.806 bits per heavy atom. The summed E-state index contributed by atoms with van der Waals surface area (Å²) in [7, 11) is 3.38. The lowest BCUT2D eigenvalue weighted by molar-refractivity contribution is -0.301. The fourth-order valence-corrected chi connectivity index (χ4v) is 11.7. The van der Waals surface area contributed by atoms with Crippen molar-refractivity contribution in [1.29, 1.82) is 0 Å². The minimum Gasteiger partial charge on any atom is -0.462 e. The highest BCUT2D eigenvalue weighted by Gasteiger charge is 2.50. The molecule has 346 valence electrons. The number of methoxy groups -OCH3 is 2. The van der Waals surface area contributed by atoms with Gasteiger partial charge in [-0.1, -0.05) is 75.1 Å². The second-order valence-corrected chi connectivity index (χ2v) is 19.5. The van der Waals surface area contributed by atoms with E-state index in [4.69, 9.17) is 37.9 Å². The van der Waals surface area contributed by atoms with Gasteiger partial charge in [0.1, 0.15) is 18.3 Å². The van der Waals surface area contributed by atoms with Gasteiger partial charge >= 0.3 is 5.97 Å². The van der Waals surface area contributed by atoms with Gasteiger partial charge in [-0.2, -0.15) is 0 Å². The molecule has 1 saturated carbocycles. The molecule has 0 aromatic rings. The molecule has 4 bridgehead atoms. The Morgan fingerprint density at radius 3 is 2.27 bits per heavy atom. The van der Waals surface area contributed by atoms with Gasteiger partial charge in [-0.3, -0.25) is 9.59 Å². The van der Waals surface area contributed by atoms with E-state index in [1.165, 1.54) is 19.3 Å². The van der Waals surface area contributed by atoms with E-state index in [0.717, 1.165) is 18.4 Å². The van der Waals surface area contributed by atoms with E-state index in [0.29, 0.717) is 49.2 Å². The second kappa shape index (κ2) is 20.8. The van der Waals surface area contributed by atoms with Crippen molar-refractivity contribution in [2.24, 2.45) is 29.6 Å². The molecule has 17 atom stereocenters. The van der Waals surface area contributed by atoms with Gasteiger partial charge in [-0.25, -0.2) is 0 Å². The van der Waals surface area contributed by atoms with Gasteiger partial charge in [0.2, 0.25) is 0 Å². The van der Waals surface area contributed by atoms with Crippen LogP contribution in [0.4, 0.5) is 0 Å². The van der Waals surface area contributed by atoms with Gasteiger partial charge in [0, 0.05) is 57.7 Å². The molecular formula is C50H74O12. The summed E-state index contributed by atoms with van der Waals surface area (Å²) in [5.74, 6) is -1.30. The summed E-state index contributed by atoms with van der Waals surface area (Å²) in [4.78, 5) is 27.0. The fourth-order valence-electron chi connectivity index (χ4n) is 11.7. The van der Waals surface area contributed by atoms with Gasteiger partial charge in [0.15, 0.2) is 17.7 Å². The van der Waals surface area contributed by atoms with E-state index >= 15 is 0 Å². The van der Waals surface area contributed by atoms with E-state index in [1.54, 1.807) is 27.2 Å². The molecule has 6 aliphatic heterocycles. The third-order valence-corrected chi connectivity index (χ3v) is 15.1. The maximum Gasteiger partial charge on any atom is 0.309 e. The average Bonchev–Trinajstić information content (AvgIpc) is 3.62. The van der Waals surface area contributed by atoms with Gasteiger partial charge in [-0.05, 0) is 76.0 Å². The lowest BCUT2D eigenvalue weighted by atomic mass is 9.74. The average molecular weight is 867 g/mol. The maximum atomic E-state index is 13.5. The van der Waals surface area contributed by atoms with Crippen LogP contribution in [0.5, 0.6) is 0 Å². The Labute approximate surface area is 369 Å². The van der Waals surface area contributed by atoms with Crippen molar-refractivity contribution in [3.05, 3.63) is 59.3 Å². The van der Waals surface area contributed by atoms with Gasteiger partial charge in [0.05, 0.1) is 61.9 Å². The van der Waals surface area contributed by atoms with Crippen molar-refractivity contribution >= 4 is 11.8 Å². The number of hydrogen-bond donors (Lipinski definition) is 2. The minimum atomic E-state index is -1.11. The zero-order valence-corrected chi connectivity index (χ0v) is 38.3. The highest BCUT2D eigenvalue weighted by atomic mass is 16.7. The van der Waals surface area contributed by atoms with E-state index in [1.807, 2.05) is 19.1 Å². The summed E-state index contributed by atoms with van der Waals surface area (Å²) in [5, 5.41) is 22.0. The Kier molecular flexibility index (Phi) is 15.9. The number of esters is 1. The van der Waals surface area contributed by atoms with Crippen LogP contribution in [0, 0.1) is 29.6 Å². The lowest BCUT2D eigenvalue weighted by Gasteiger charge is -2.49. The van der Waals surface area contributed by atoms with Crippen molar-refractivity contribution in [3.8, 4) is 0 Å². The van der Waals surface area contributed by atoms with Gasteiger partial charge in [-0.15, -0.1) is 0 Å². The van der Waals surface area contributed by atoms with Crippen LogP contribution in [0.25, 0.3) is 0 Å². The van der Waals surface area contributed by atoms with Gasteiger partial charge < -0.3 is 48.1 Å². The van der Waals surface area contributed by atoms with Crippen LogP contribution in [0.3, 0.4) is 0 Å². The number of ether oxygens (including phenoxy) is 8. The first kappa shape index (κ1) is 47.4. The Hall–Kier alpha value is -2.52. The van der Waals surface area contributed by atoms with Crippen molar-refractivity contribution < 1.29 is 57.7 Å². The summed E-state index contributed by atoms with van der Waals surface area (Å²) >= 11 is 0. The number of carbonyl (C=O) groups is 2. The Morgan fingerprint density at radius 2 is 1.53 bits per heavy atom. The smallest absolute Gasteiger partial charge is 0.309 e. The quantitative estimate of drug-likeness (QED) is 0.216. The van der Waals surface area contributed by atoms with Crippen molar-refractivity contribution in [1.82, 2.24) is 0 Å². The minimum absolute atomic E-state index is 0.0123. The normalized spacial score (nSPS) is 47.4. The first-order valence-electron chi connectivity index (χ1n) is 23.5. The molecule has 0 aromatic carbocycles. The molecule has 4 saturated heterocycles. The summed E-state index contributed by atoms with van der Waals surface area (Å²) in [6.07, 6.45) is 17.3. The van der Waals surface area contributed by atoms with E-state index in [-0.39, 0.29) is 91.3 Å². The van der Waals surface area contributed by atoms with Crippen LogP contribution in [0.15, 0.2) is 59.3 Å². The number of rotatable bonds is 5. The van der Waals surface area contributed by atoms with Crippen LogP contribution in [-0.4, -0.2) is 122 Å². The first-order chi connectivity index (χ1) is 29.7. The third-order valence-electron chi connectivity index (χ3n) is 15.1. The highest BCUT2D eigenvalue weighted by molar-refractivity contribution is 5.99. The van der Waals surface area contributed by atoms with Crippen molar-refractivity contribution in [2.45, 2.75) is 191 Å². The molecule has 2 N–H and O–H groups in total. The number of aliphatic hydroxyl groups excluding tert-OH is 2. The topological polar surface area (TPSA) is 148 Å². The SMILES string of the molecule is CO[C@H]1C[C@H](C2/C(C)=C/C[C@@H]3C[C@@H](C[C@]4(C=C[C@H](C)[C@@H](C5CCCCC5)O4)O3)OC(=O)C/C=C(/C)C(=O)[C@H]3OC/C(=C\C=C\[C@@H]2C)[C@@H]3O)O[C@@H](C)C1[C@H]1C[C@H](OC)[C@@H](O)[C@H](C)O1. The molecule has 2 unspecified atom stereocenters. The van der Waals surface area contributed by atoms with Crippen molar-refractivity contribution in [2.75, 3.05) is 20.8 Å². The standard InChI is InChI=1S/C50H74O12/c1-28-13-12-16-35-27-57-49(47(35)54)45(52)30(3)18-20-42(51)60-37-23-36(61-50(26-37)22-21-31(4)48(62-50)34-14-10-9-11-15-34)19-17-29(2)43(28)39-24-38(55-7)44(32(5)58-39)40-25-41(56-8)46(53)33(6)59-40/h12-13,16-18,21-22,28,31-34,36-41,43-44,46-49,53-54H,9-11,14-15,19-20,23-27H2,1-8H3/b13-12+,29-17+,30-18-,35-16+/t28-,31-,32-,33-,36+,37-,38-,39+,40+,41-,43?,44?,46-,47-,48-,49+,50+/m0/s1. The molecule has 12 nitrogen and oxygen atoms in total. The predicted octanol–water partition coefficient (Wildman–Crippen LogP) is 7.06. The zero-order chi connectivity index (χ0) is 44.3. The largest absolute Gasteiger partial charge is 0.462 e. The van der Waals surface area contributed by atoms with E-state index < -0.39 is 36.2 Å². The Balaban J connectivity index is 1.20. The number of hydrogen-bond acceptors (Lipinski definition) is 12. The Bertz CT molecular complexity index is 1710. The van der Waals surface area contributed by atoms with Crippen LogP contribution in [0.2, 0.25) is 0 Å². The predicted molar refractivity (Wildman–Crippen MR) is 233 cm³/mol. The molecule has 5 fully saturated rings. The molecular weight excluding hydrogens is 793 g/mol. The molecule has 0 aromatic heterocycles. The summed E-state index contributed by atoms with van der Waals surface area (Å²) in [5.41, 5.74) is 2.10. The molecule has 62 heavy (non-hydrogen) atoms. The molecule has 12 heteroatoms. The van der Waals surface area contributed by atoms with Crippen LogP contribution in [-0.2, 0) is 47.5 Å². The van der Waals surface area contributed by atoms with Crippen LogP contribution >= 0.6 is 0 Å². The second-order valence-electron chi connectivity index (χ2n) is 19.5. The molecule has 6 heterocycles. The molecule has 1 aliphatic carbocycles. The molecule has 0 radical (unpaired) electrons. The summed E-state index contributed by atoms with van der Waals surface area (Å²) in [6, 6.07) is 0. The number of allylic oxidation sites excluding steroid dienone is 3. The van der Waals surface area contributed by atoms with E-state index in [2.05, 4.69) is 52.0 Å². The lowest BCUT2D eigenvalue weighted by Crippen LogP contribution is -2.57. The summed E-state index contributed by atoms with van der Waals surface area (Å²) in [6.45, 7) is 12.3. The zero-order valence-electron chi connectivity index (χ0n) is 38.3. The van der Waals surface area contributed by atoms with E-state index in [9.17, 15) is 19.8 Å². The number of fused-ring (bicyclic) bond motifs is 4. The van der Waals surface area contributed by atoms with Crippen molar-refractivity contribution in [3.63, 3.8) is 0 Å². The maximum absolute atomic E-state index is 13.5. The van der Waals surface area contributed by atoms with Gasteiger partial charge in [0.25, 0.3) is 0 Å². The fraction of sp³-hybridized carbons (Fsp3) is 0.760. The third kappa shape index (κ3) is 10.6. The number of Topliss-reactive ketones (excluding diaryl/α,β-unsaturated/α-hetero) is 1. The monoisotopic (exact) mass is 867 g/mol. The molecule has 7 rings (SSSR count). The number of ketones is 1.